The number of methoxy groups -OCH3 is 1. The maximum atomic E-state index is 13.4. The van der Waals surface area contributed by atoms with E-state index in [9.17, 15) is 14.4 Å². The normalized spacial score (nSPS) is 18.1. The molecule has 0 unspecified atom stereocenters. The Morgan fingerprint density at radius 3 is 2.42 bits per heavy atom. The summed E-state index contributed by atoms with van der Waals surface area (Å²) >= 11 is 0. The first-order valence-corrected chi connectivity index (χ1v) is 11.2. The van der Waals surface area contributed by atoms with Gasteiger partial charge in [-0.15, -0.1) is 5.92 Å². The van der Waals surface area contributed by atoms with Crippen molar-refractivity contribution in [1.29, 1.82) is 0 Å². The van der Waals surface area contributed by atoms with Gasteiger partial charge in [0.25, 0.3) is 5.91 Å². The number of rotatable bonds is 3. The minimum Gasteiger partial charge on any atom is -0.496 e. The van der Waals surface area contributed by atoms with Crippen LogP contribution in [0.3, 0.4) is 0 Å². The molecule has 0 atom stereocenters. The monoisotopic (exact) mass is 444 g/mol. The molecule has 1 aromatic carbocycles. The molecule has 0 radical (unpaired) electrons. The molecule has 1 saturated heterocycles. The minimum atomic E-state index is -0.803. The van der Waals surface area contributed by atoms with E-state index in [-0.39, 0.29) is 22.9 Å². The predicted molar refractivity (Wildman–Crippen MR) is 124 cm³/mol. The van der Waals surface area contributed by atoms with E-state index in [1.54, 1.807) is 49.4 Å². The SMILES string of the molecule is CC#Cc1cc(C)c(C2C(=O)CC3(CCN(C(=O)c4ccccn4)CC3)CC2=O)c(OC)c1. The molecular weight excluding hydrogens is 416 g/mol. The summed E-state index contributed by atoms with van der Waals surface area (Å²) in [5.74, 6) is 5.38. The molecule has 1 amide bonds. The number of Topliss-reactive ketones (excluding diaryl/α,β-unsaturated/α-hetero) is 2. The van der Waals surface area contributed by atoms with Gasteiger partial charge in [-0.3, -0.25) is 19.4 Å². The van der Waals surface area contributed by atoms with E-state index >= 15 is 0 Å². The number of aromatic nitrogens is 1. The maximum Gasteiger partial charge on any atom is 0.272 e. The number of likely N-dealkylation sites (tertiary alicyclic amines) is 1. The Bertz CT molecular complexity index is 1130. The fraction of sp³-hybridized carbons (Fsp3) is 0.407. The van der Waals surface area contributed by atoms with Gasteiger partial charge in [-0.2, -0.15) is 0 Å². The molecule has 1 saturated carbocycles. The summed E-state index contributed by atoms with van der Waals surface area (Å²) in [4.78, 5) is 45.3. The summed E-state index contributed by atoms with van der Waals surface area (Å²) in [5.41, 5.74) is 2.34. The summed E-state index contributed by atoms with van der Waals surface area (Å²) in [7, 11) is 1.55. The predicted octanol–water partition coefficient (Wildman–Crippen LogP) is 3.71. The summed E-state index contributed by atoms with van der Waals surface area (Å²) in [6.45, 7) is 4.70. The van der Waals surface area contributed by atoms with E-state index < -0.39 is 5.92 Å². The first-order chi connectivity index (χ1) is 15.9. The zero-order valence-corrected chi connectivity index (χ0v) is 19.3. The lowest BCUT2D eigenvalue weighted by atomic mass is 9.63. The maximum absolute atomic E-state index is 13.4. The highest BCUT2D eigenvalue weighted by Gasteiger charge is 2.48. The van der Waals surface area contributed by atoms with Crippen molar-refractivity contribution in [2.75, 3.05) is 20.2 Å². The third kappa shape index (κ3) is 4.41. The number of aryl methyl sites for hydroxylation is 1. The van der Waals surface area contributed by atoms with Gasteiger partial charge in [-0.05, 0) is 61.9 Å². The van der Waals surface area contributed by atoms with Gasteiger partial charge in [0.05, 0.1) is 7.11 Å². The van der Waals surface area contributed by atoms with Gasteiger partial charge < -0.3 is 9.64 Å². The zero-order valence-electron chi connectivity index (χ0n) is 19.3. The Morgan fingerprint density at radius 1 is 1.15 bits per heavy atom. The van der Waals surface area contributed by atoms with E-state index in [1.165, 1.54) is 0 Å². The summed E-state index contributed by atoms with van der Waals surface area (Å²) in [6.07, 6.45) is 3.56. The molecule has 6 heteroatoms. The van der Waals surface area contributed by atoms with Gasteiger partial charge in [0.1, 0.15) is 28.9 Å². The Labute approximate surface area is 194 Å². The fourth-order valence-corrected chi connectivity index (χ4v) is 5.22. The molecule has 170 valence electrons. The van der Waals surface area contributed by atoms with Crippen molar-refractivity contribution >= 4 is 17.5 Å². The second-order valence-corrected chi connectivity index (χ2v) is 9.01. The van der Waals surface area contributed by atoms with E-state index in [1.807, 2.05) is 13.0 Å². The number of carbonyl (C=O) groups excluding carboxylic acids is 3. The molecule has 0 bridgehead atoms. The quantitative estimate of drug-likeness (QED) is 0.533. The molecule has 2 fully saturated rings. The largest absolute Gasteiger partial charge is 0.496 e. The van der Waals surface area contributed by atoms with Crippen molar-refractivity contribution in [2.24, 2.45) is 5.41 Å². The van der Waals surface area contributed by atoms with E-state index in [4.69, 9.17) is 4.74 Å². The van der Waals surface area contributed by atoms with Gasteiger partial charge in [-0.1, -0.05) is 12.0 Å². The van der Waals surface area contributed by atoms with Crippen molar-refractivity contribution in [3.8, 4) is 17.6 Å². The number of piperidine rings is 1. The lowest BCUT2D eigenvalue weighted by Gasteiger charge is -2.44. The van der Waals surface area contributed by atoms with E-state index in [0.717, 1.165) is 11.1 Å². The first-order valence-electron chi connectivity index (χ1n) is 11.2. The summed E-state index contributed by atoms with van der Waals surface area (Å²) in [6, 6.07) is 8.98. The molecule has 2 aromatic rings. The van der Waals surface area contributed by atoms with Crippen LogP contribution in [-0.2, 0) is 9.59 Å². The zero-order chi connectivity index (χ0) is 23.6. The van der Waals surface area contributed by atoms with Crippen LogP contribution in [0.25, 0.3) is 0 Å². The lowest BCUT2D eigenvalue weighted by molar-refractivity contribution is -0.138. The van der Waals surface area contributed by atoms with Crippen molar-refractivity contribution in [3.05, 3.63) is 58.9 Å². The summed E-state index contributed by atoms with van der Waals surface area (Å²) < 4.78 is 5.56. The Hall–Kier alpha value is -3.46. The number of benzene rings is 1. The second-order valence-electron chi connectivity index (χ2n) is 9.01. The van der Waals surface area contributed by atoms with Crippen LogP contribution in [0.2, 0.25) is 0 Å². The van der Waals surface area contributed by atoms with Crippen LogP contribution in [0.5, 0.6) is 5.75 Å². The second kappa shape index (κ2) is 9.19. The van der Waals surface area contributed by atoms with Gasteiger partial charge >= 0.3 is 0 Å². The van der Waals surface area contributed by atoms with Crippen molar-refractivity contribution in [3.63, 3.8) is 0 Å². The molecule has 6 nitrogen and oxygen atoms in total. The van der Waals surface area contributed by atoms with Gasteiger partial charge in [0.2, 0.25) is 0 Å². The molecule has 0 N–H and O–H groups in total. The number of hydrogen-bond donors (Lipinski definition) is 0. The van der Waals surface area contributed by atoms with E-state index in [2.05, 4.69) is 16.8 Å². The van der Waals surface area contributed by atoms with Gasteiger partial charge in [-0.25, -0.2) is 0 Å². The average Bonchev–Trinajstić information content (AvgIpc) is 2.80. The van der Waals surface area contributed by atoms with Crippen molar-refractivity contribution < 1.29 is 19.1 Å². The van der Waals surface area contributed by atoms with Crippen LogP contribution < -0.4 is 4.74 Å². The lowest BCUT2D eigenvalue weighted by Crippen LogP contribution is -2.48. The number of hydrogen-bond acceptors (Lipinski definition) is 5. The number of carbonyl (C=O) groups is 3. The van der Waals surface area contributed by atoms with E-state index in [0.29, 0.717) is 55.8 Å². The van der Waals surface area contributed by atoms with Crippen molar-refractivity contribution in [1.82, 2.24) is 9.88 Å². The third-order valence-electron chi connectivity index (χ3n) is 6.86. The van der Waals surface area contributed by atoms with Crippen LogP contribution >= 0.6 is 0 Å². The number of ketones is 2. The number of amides is 1. The molecular formula is C27H28N2O4. The number of ether oxygens (including phenoxy) is 1. The molecule has 1 aliphatic heterocycles. The molecule has 2 heterocycles. The third-order valence-corrected chi connectivity index (χ3v) is 6.86. The smallest absolute Gasteiger partial charge is 0.272 e. The molecule has 2 aliphatic rings. The molecule has 1 aromatic heterocycles. The van der Waals surface area contributed by atoms with Crippen LogP contribution in [0.4, 0.5) is 0 Å². The standard InChI is InChI=1S/C27H28N2O4/c1-4-7-19-14-18(2)24(23(15-19)33-3)25-21(30)16-27(17-22(25)31)9-12-29(13-10-27)26(32)20-8-5-6-11-28-20/h5-6,8,11,14-15,25H,9-10,12-13,16-17H2,1-3H3. The summed E-state index contributed by atoms with van der Waals surface area (Å²) in [5, 5.41) is 0. The highest BCUT2D eigenvalue weighted by atomic mass is 16.5. The molecule has 33 heavy (non-hydrogen) atoms. The van der Waals surface area contributed by atoms with Crippen LogP contribution in [0.1, 0.15) is 65.7 Å². The molecule has 1 spiro atoms. The fourth-order valence-electron chi connectivity index (χ4n) is 5.22. The highest BCUT2D eigenvalue weighted by molar-refractivity contribution is 6.11. The average molecular weight is 445 g/mol. The topological polar surface area (TPSA) is 76.6 Å². The van der Waals surface area contributed by atoms with Gasteiger partial charge in [0.15, 0.2) is 0 Å². The minimum absolute atomic E-state index is 0.0634. The molecule has 4 rings (SSSR count). The number of pyridine rings is 1. The van der Waals surface area contributed by atoms with Gasteiger partial charge in [0, 0.05) is 43.3 Å². The van der Waals surface area contributed by atoms with Crippen LogP contribution in [0.15, 0.2) is 36.5 Å². The number of nitrogens with zero attached hydrogens (tertiary/aromatic N) is 2. The Kier molecular flexibility index (Phi) is 6.33. The first kappa shape index (κ1) is 22.7. The highest BCUT2D eigenvalue weighted by Crippen LogP contribution is 2.47. The van der Waals surface area contributed by atoms with Crippen molar-refractivity contribution in [2.45, 2.75) is 45.4 Å². The van der Waals surface area contributed by atoms with Crippen LogP contribution in [0, 0.1) is 24.2 Å². The Morgan fingerprint density at radius 2 is 1.85 bits per heavy atom. The molecule has 1 aliphatic carbocycles. The van der Waals surface area contributed by atoms with Crippen LogP contribution in [-0.4, -0.2) is 47.6 Å². The Balaban J connectivity index is 1.51.